The lowest BCUT2D eigenvalue weighted by Crippen LogP contribution is -2.43. The molecule has 0 aliphatic carbocycles. The van der Waals surface area contributed by atoms with E-state index in [-0.39, 0.29) is 6.61 Å². The van der Waals surface area contributed by atoms with Gasteiger partial charge in [0.15, 0.2) is 6.04 Å². The predicted octanol–water partition coefficient (Wildman–Crippen LogP) is 2.22. The number of ether oxygens (including phenoxy) is 1. The van der Waals surface area contributed by atoms with Gasteiger partial charge in [-0.1, -0.05) is 23.2 Å². The molecular weight excluding hydrogens is 305 g/mol. The Morgan fingerprint density at radius 3 is 2.45 bits per heavy atom. The summed E-state index contributed by atoms with van der Waals surface area (Å²) in [6.45, 7) is -0.113. The van der Waals surface area contributed by atoms with E-state index < -0.39 is 17.9 Å². The molecule has 1 atom stereocenters. The largest absolute Gasteiger partial charge is 0.480 e. The van der Waals surface area contributed by atoms with Gasteiger partial charge in [0.25, 0.3) is 0 Å². The number of rotatable bonds is 6. The molecule has 1 rings (SSSR count). The zero-order valence-electron chi connectivity index (χ0n) is 10.6. The number of carboxylic acids is 1. The fourth-order valence-corrected chi connectivity index (χ4v) is 1.95. The highest BCUT2D eigenvalue weighted by Gasteiger charge is 2.18. The number of hydrogen-bond acceptors (Lipinski definition) is 3. The highest BCUT2D eigenvalue weighted by molar-refractivity contribution is 6.34. The summed E-state index contributed by atoms with van der Waals surface area (Å²) in [6, 6.07) is 3.72. The number of halogens is 2. The second-order valence-electron chi connectivity index (χ2n) is 3.89. The first kappa shape index (κ1) is 16.5. The van der Waals surface area contributed by atoms with Crippen LogP contribution >= 0.6 is 23.2 Å². The van der Waals surface area contributed by atoms with E-state index >= 15 is 0 Å². The number of benzene rings is 1. The number of carbonyl (C=O) groups is 2. The van der Waals surface area contributed by atoms with Crippen molar-refractivity contribution < 1.29 is 19.4 Å². The Labute approximate surface area is 126 Å². The number of amides is 1. The molecule has 0 saturated carbocycles. The maximum atomic E-state index is 11.6. The number of aliphatic carboxylic acids is 1. The Morgan fingerprint density at radius 1 is 1.35 bits per heavy atom. The van der Waals surface area contributed by atoms with Gasteiger partial charge in [0.05, 0.1) is 6.61 Å². The highest BCUT2D eigenvalue weighted by atomic mass is 35.5. The van der Waals surface area contributed by atoms with Crippen LogP contribution in [0.25, 0.3) is 6.08 Å². The lowest BCUT2D eigenvalue weighted by molar-refractivity contribution is -0.142. The average molecular weight is 318 g/mol. The summed E-state index contributed by atoms with van der Waals surface area (Å²) in [6.07, 6.45) is 2.69. The molecule has 5 nitrogen and oxygen atoms in total. The third kappa shape index (κ3) is 5.61. The third-order valence-electron chi connectivity index (χ3n) is 2.26. The number of carbonyl (C=O) groups excluding carboxylic acids is 1. The zero-order valence-corrected chi connectivity index (χ0v) is 12.1. The van der Waals surface area contributed by atoms with Crippen LogP contribution in [0, 0.1) is 0 Å². The lowest BCUT2D eigenvalue weighted by atomic mass is 10.2. The molecule has 0 bridgehead atoms. The molecule has 1 unspecified atom stereocenters. The van der Waals surface area contributed by atoms with Crippen LogP contribution in [0.15, 0.2) is 24.3 Å². The molecule has 7 heteroatoms. The van der Waals surface area contributed by atoms with Crippen LogP contribution in [0.3, 0.4) is 0 Å². The molecule has 0 aromatic heterocycles. The molecule has 0 radical (unpaired) electrons. The van der Waals surface area contributed by atoms with Crippen molar-refractivity contribution in [2.75, 3.05) is 13.7 Å². The van der Waals surface area contributed by atoms with E-state index in [1.165, 1.54) is 19.3 Å². The Morgan fingerprint density at radius 2 is 1.95 bits per heavy atom. The van der Waals surface area contributed by atoms with Crippen LogP contribution in [0.1, 0.15) is 5.56 Å². The second-order valence-corrected chi connectivity index (χ2v) is 4.76. The minimum absolute atomic E-state index is 0.113. The van der Waals surface area contributed by atoms with Gasteiger partial charge in [-0.25, -0.2) is 4.79 Å². The first-order valence-corrected chi connectivity index (χ1v) is 6.34. The van der Waals surface area contributed by atoms with Crippen molar-refractivity contribution in [2.45, 2.75) is 6.04 Å². The molecule has 20 heavy (non-hydrogen) atoms. The quantitative estimate of drug-likeness (QED) is 0.789. The molecule has 0 fully saturated rings. The summed E-state index contributed by atoms with van der Waals surface area (Å²) in [7, 11) is 1.35. The van der Waals surface area contributed by atoms with E-state index in [0.29, 0.717) is 15.6 Å². The summed E-state index contributed by atoms with van der Waals surface area (Å²) in [5.41, 5.74) is 0.635. The SMILES string of the molecule is COCC(NC(=O)/C=C/c1cc(Cl)cc(Cl)c1)C(=O)O. The Kier molecular flexibility index (Phi) is 6.51. The van der Waals surface area contributed by atoms with E-state index in [4.69, 9.17) is 33.0 Å². The first-order valence-electron chi connectivity index (χ1n) is 5.59. The van der Waals surface area contributed by atoms with Crippen LogP contribution in [0.4, 0.5) is 0 Å². The third-order valence-corrected chi connectivity index (χ3v) is 2.70. The van der Waals surface area contributed by atoms with E-state index in [2.05, 4.69) is 5.32 Å². The van der Waals surface area contributed by atoms with Crippen molar-refractivity contribution in [1.29, 1.82) is 0 Å². The molecule has 108 valence electrons. The van der Waals surface area contributed by atoms with E-state index in [1.54, 1.807) is 18.2 Å². The number of nitrogens with one attached hydrogen (secondary N) is 1. The summed E-state index contributed by atoms with van der Waals surface area (Å²) >= 11 is 11.6. The van der Waals surface area contributed by atoms with Crippen molar-refractivity contribution >= 4 is 41.2 Å². The summed E-state index contributed by atoms with van der Waals surface area (Å²) in [4.78, 5) is 22.4. The topological polar surface area (TPSA) is 75.6 Å². The maximum Gasteiger partial charge on any atom is 0.328 e. The maximum absolute atomic E-state index is 11.6. The Balaban J connectivity index is 2.69. The average Bonchev–Trinajstić information content (AvgIpc) is 2.34. The van der Waals surface area contributed by atoms with Gasteiger partial charge in [-0.2, -0.15) is 0 Å². The predicted molar refractivity (Wildman–Crippen MR) is 76.9 cm³/mol. The highest BCUT2D eigenvalue weighted by Crippen LogP contribution is 2.19. The van der Waals surface area contributed by atoms with Crippen LogP contribution in [-0.4, -0.2) is 36.7 Å². The molecule has 1 amide bonds. The van der Waals surface area contributed by atoms with Crippen LogP contribution in [-0.2, 0) is 14.3 Å². The molecule has 0 saturated heterocycles. The number of methoxy groups -OCH3 is 1. The van der Waals surface area contributed by atoms with Gasteiger partial charge in [-0.05, 0) is 29.8 Å². The monoisotopic (exact) mass is 317 g/mol. The van der Waals surface area contributed by atoms with Crippen molar-refractivity contribution in [2.24, 2.45) is 0 Å². The molecule has 0 aliphatic rings. The zero-order chi connectivity index (χ0) is 15.1. The van der Waals surface area contributed by atoms with Gasteiger partial charge in [-0.3, -0.25) is 4.79 Å². The summed E-state index contributed by atoms with van der Waals surface area (Å²) < 4.78 is 4.71. The minimum Gasteiger partial charge on any atom is -0.480 e. The van der Waals surface area contributed by atoms with Crippen molar-refractivity contribution in [3.05, 3.63) is 39.9 Å². The van der Waals surface area contributed by atoms with Gasteiger partial charge < -0.3 is 15.2 Å². The first-order chi connectivity index (χ1) is 9.42. The van der Waals surface area contributed by atoms with Crippen LogP contribution in [0.2, 0.25) is 10.0 Å². The fourth-order valence-electron chi connectivity index (χ4n) is 1.40. The van der Waals surface area contributed by atoms with Crippen LogP contribution < -0.4 is 5.32 Å². The van der Waals surface area contributed by atoms with Crippen molar-refractivity contribution in [3.8, 4) is 0 Å². The van der Waals surface area contributed by atoms with Gasteiger partial charge in [-0.15, -0.1) is 0 Å². The van der Waals surface area contributed by atoms with Gasteiger partial charge in [0, 0.05) is 23.2 Å². The molecule has 1 aromatic rings. The Bertz CT molecular complexity index is 511. The molecule has 2 N–H and O–H groups in total. The molecule has 0 aliphatic heterocycles. The molecular formula is C13H13Cl2NO4. The van der Waals surface area contributed by atoms with Crippen molar-refractivity contribution in [3.63, 3.8) is 0 Å². The minimum atomic E-state index is -1.17. The number of hydrogen-bond donors (Lipinski definition) is 2. The number of carboxylic acid groups (broad SMARTS) is 1. The normalized spacial score (nSPS) is 12.3. The smallest absolute Gasteiger partial charge is 0.328 e. The molecule has 1 aromatic carbocycles. The van der Waals surface area contributed by atoms with Crippen LogP contribution in [0.5, 0.6) is 0 Å². The van der Waals surface area contributed by atoms with Gasteiger partial charge in [0.2, 0.25) is 5.91 Å². The second kappa shape index (κ2) is 7.89. The molecule has 0 spiro atoms. The van der Waals surface area contributed by atoms with E-state index in [0.717, 1.165) is 0 Å². The standard InChI is InChI=1S/C13H13Cl2NO4/c1-20-7-11(13(18)19)16-12(17)3-2-8-4-9(14)6-10(15)5-8/h2-6,11H,7H2,1H3,(H,16,17)(H,18,19)/b3-2+. The lowest BCUT2D eigenvalue weighted by Gasteiger charge is -2.11. The summed E-state index contributed by atoms with van der Waals surface area (Å²) in [5.74, 6) is -1.72. The van der Waals surface area contributed by atoms with E-state index in [9.17, 15) is 9.59 Å². The molecule has 0 heterocycles. The van der Waals surface area contributed by atoms with Gasteiger partial charge >= 0.3 is 5.97 Å². The van der Waals surface area contributed by atoms with Crippen molar-refractivity contribution in [1.82, 2.24) is 5.32 Å². The Hall–Kier alpha value is -1.56. The van der Waals surface area contributed by atoms with Gasteiger partial charge in [0.1, 0.15) is 0 Å². The fraction of sp³-hybridized carbons (Fsp3) is 0.231. The van der Waals surface area contributed by atoms with E-state index in [1.807, 2.05) is 0 Å². The summed E-state index contributed by atoms with van der Waals surface area (Å²) in [5, 5.41) is 12.0.